The summed E-state index contributed by atoms with van der Waals surface area (Å²) in [6.45, 7) is 7.17. The molecule has 0 aliphatic heterocycles. The van der Waals surface area contributed by atoms with Crippen LogP contribution in [0.5, 0.6) is 0 Å². The Balaban J connectivity index is 1.97. The average Bonchev–Trinajstić information content (AvgIpc) is 1.44. The zero-order valence-corrected chi connectivity index (χ0v) is 8.96. The molecule has 1 heteroatoms. The highest BCUT2D eigenvalue weighted by molar-refractivity contribution is 5.15. The van der Waals surface area contributed by atoms with Crippen molar-refractivity contribution in [2.75, 3.05) is 14.1 Å². The van der Waals surface area contributed by atoms with Crippen LogP contribution < -0.4 is 0 Å². The van der Waals surface area contributed by atoms with Gasteiger partial charge in [0, 0.05) is 6.04 Å². The summed E-state index contributed by atoms with van der Waals surface area (Å²) < 4.78 is 0. The molecular formula is C11H21N. The fourth-order valence-electron chi connectivity index (χ4n) is 3.46. The Kier molecular flexibility index (Phi) is 1.61. The van der Waals surface area contributed by atoms with Crippen molar-refractivity contribution in [3.05, 3.63) is 0 Å². The first-order chi connectivity index (χ1) is 5.43. The van der Waals surface area contributed by atoms with Gasteiger partial charge in [-0.05, 0) is 43.7 Å². The van der Waals surface area contributed by atoms with Crippen LogP contribution in [0.1, 0.15) is 27.2 Å². The molecule has 3 fully saturated rings. The van der Waals surface area contributed by atoms with Gasteiger partial charge in [0.25, 0.3) is 0 Å². The van der Waals surface area contributed by atoms with Gasteiger partial charge in [0.05, 0.1) is 0 Å². The monoisotopic (exact) mass is 167 g/mol. The van der Waals surface area contributed by atoms with Gasteiger partial charge in [-0.15, -0.1) is 0 Å². The van der Waals surface area contributed by atoms with Crippen LogP contribution in [0, 0.1) is 23.2 Å². The summed E-state index contributed by atoms with van der Waals surface area (Å²) in [6, 6.07) is 0.925. The molecule has 0 radical (unpaired) electrons. The van der Waals surface area contributed by atoms with E-state index < -0.39 is 0 Å². The first-order valence-electron chi connectivity index (χ1n) is 5.09. The zero-order chi connectivity index (χ0) is 9.09. The summed E-state index contributed by atoms with van der Waals surface area (Å²) >= 11 is 0. The van der Waals surface area contributed by atoms with Gasteiger partial charge in [-0.2, -0.15) is 0 Å². The Bertz CT molecular complexity index is 180. The van der Waals surface area contributed by atoms with Crippen LogP contribution in [0.25, 0.3) is 0 Å². The van der Waals surface area contributed by atoms with E-state index in [4.69, 9.17) is 0 Å². The van der Waals surface area contributed by atoms with E-state index in [2.05, 4.69) is 39.8 Å². The van der Waals surface area contributed by atoms with Crippen LogP contribution in [0.2, 0.25) is 0 Å². The van der Waals surface area contributed by atoms with Crippen molar-refractivity contribution in [1.29, 1.82) is 0 Å². The van der Waals surface area contributed by atoms with Crippen molar-refractivity contribution in [2.45, 2.75) is 33.2 Å². The van der Waals surface area contributed by atoms with E-state index in [0.29, 0.717) is 5.41 Å². The molecule has 3 rings (SSSR count). The van der Waals surface area contributed by atoms with Crippen molar-refractivity contribution in [3.8, 4) is 0 Å². The Hall–Kier alpha value is -0.0400. The third kappa shape index (κ3) is 0.891. The lowest BCUT2D eigenvalue weighted by Gasteiger charge is -2.70. The SMILES string of the molecule is CN(C)C1C2CC1C2C(C)(C)C. The molecule has 0 saturated heterocycles. The molecule has 0 amide bonds. The van der Waals surface area contributed by atoms with E-state index in [1.807, 2.05) is 0 Å². The summed E-state index contributed by atoms with van der Waals surface area (Å²) in [4.78, 5) is 2.42. The molecule has 3 saturated carbocycles. The van der Waals surface area contributed by atoms with Gasteiger partial charge in [-0.3, -0.25) is 0 Å². The molecule has 12 heavy (non-hydrogen) atoms. The summed E-state index contributed by atoms with van der Waals surface area (Å²) in [5.41, 5.74) is 0.556. The second kappa shape index (κ2) is 2.25. The predicted octanol–water partition coefficient (Wildman–Crippen LogP) is 2.23. The molecule has 2 unspecified atom stereocenters. The normalized spacial score (nSPS) is 45.5. The van der Waals surface area contributed by atoms with E-state index in [-0.39, 0.29) is 0 Å². The van der Waals surface area contributed by atoms with Crippen molar-refractivity contribution in [2.24, 2.45) is 23.2 Å². The Morgan fingerprint density at radius 1 is 1.08 bits per heavy atom. The minimum atomic E-state index is 0.556. The van der Waals surface area contributed by atoms with Crippen molar-refractivity contribution < 1.29 is 0 Å². The minimum Gasteiger partial charge on any atom is -0.306 e. The van der Waals surface area contributed by atoms with Gasteiger partial charge in [-0.25, -0.2) is 0 Å². The van der Waals surface area contributed by atoms with Crippen molar-refractivity contribution in [3.63, 3.8) is 0 Å². The maximum Gasteiger partial charge on any atom is 0.0152 e. The molecule has 0 aromatic heterocycles. The van der Waals surface area contributed by atoms with E-state index in [9.17, 15) is 0 Å². The molecule has 0 spiro atoms. The molecular weight excluding hydrogens is 146 g/mol. The van der Waals surface area contributed by atoms with Crippen molar-refractivity contribution >= 4 is 0 Å². The van der Waals surface area contributed by atoms with Crippen LogP contribution in [0.4, 0.5) is 0 Å². The van der Waals surface area contributed by atoms with Gasteiger partial charge in [0.2, 0.25) is 0 Å². The minimum absolute atomic E-state index is 0.556. The van der Waals surface area contributed by atoms with Gasteiger partial charge in [0.15, 0.2) is 0 Å². The molecule has 2 atom stereocenters. The highest BCUT2D eigenvalue weighted by atomic mass is 15.2. The van der Waals surface area contributed by atoms with Crippen LogP contribution in [0.15, 0.2) is 0 Å². The van der Waals surface area contributed by atoms with Crippen LogP contribution in [0.3, 0.4) is 0 Å². The van der Waals surface area contributed by atoms with Gasteiger partial charge >= 0.3 is 0 Å². The van der Waals surface area contributed by atoms with Gasteiger partial charge in [0.1, 0.15) is 0 Å². The quantitative estimate of drug-likeness (QED) is 0.579. The molecule has 0 N–H and O–H groups in total. The first-order valence-corrected chi connectivity index (χ1v) is 5.09. The Morgan fingerprint density at radius 2 is 1.58 bits per heavy atom. The average molecular weight is 167 g/mol. The lowest BCUT2D eigenvalue weighted by atomic mass is 9.38. The van der Waals surface area contributed by atoms with Gasteiger partial charge < -0.3 is 4.90 Å². The molecule has 3 aliphatic rings. The van der Waals surface area contributed by atoms with E-state index in [1.54, 1.807) is 0 Å². The number of hydrogen-bond acceptors (Lipinski definition) is 1. The second-order valence-electron chi connectivity index (χ2n) is 5.91. The van der Waals surface area contributed by atoms with E-state index in [0.717, 1.165) is 23.8 Å². The zero-order valence-electron chi connectivity index (χ0n) is 8.96. The lowest BCUT2D eigenvalue weighted by Crippen LogP contribution is -2.71. The molecule has 70 valence electrons. The maximum atomic E-state index is 2.42. The topological polar surface area (TPSA) is 3.24 Å². The summed E-state index contributed by atoms with van der Waals surface area (Å²) in [7, 11) is 4.45. The summed E-state index contributed by atoms with van der Waals surface area (Å²) in [5, 5.41) is 0. The Labute approximate surface area is 76.1 Å². The molecule has 0 heterocycles. The fraction of sp³-hybridized carbons (Fsp3) is 1.00. The van der Waals surface area contributed by atoms with E-state index in [1.165, 1.54) is 6.42 Å². The summed E-state index contributed by atoms with van der Waals surface area (Å²) in [5.74, 6) is 3.06. The summed E-state index contributed by atoms with van der Waals surface area (Å²) in [6.07, 6.45) is 1.50. The number of rotatable bonds is 1. The standard InChI is InChI=1S/C11H21N/c1-11(2,3)9-7-6-8(9)10(7)12(4)5/h7-10H,6H2,1-5H3. The van der Waals surface area contributed by atoms with Crippen LogP contribution >= 0.6 is 0 Å². The molecule has 0 aromatic carbocycles. The molecule has 3 aliphatic carbocycles. The molecule has 0 aromatic rings. The second-order valence-corrected chi connectivity index (χ2v) is 5.91. The number of nitrogens with zero attached hydrogens (tertiary/aromatic N) is 1. The van der Waals surface area contributed by atoms with Crippen molar-refractivity contribution in [1.82, 2.24) is 4.90 Å². The maximum absolute atomic E-state index is 2.42. The highest BCUT2D eigenvalue weighted by Crippen LogP contribution is 2.65. The molecule has 2 bridgehead atoms. The third-order valence-electron chi connectivity index (χ3n) is 3.94. The highest BCUT2D eigenvalue weighted by Gasteiger charge is 2.64. The molecule has 1 nitrogen and oxygen atoms in total. The first kappa shape index (κ1) is 8.55. The third-order valence-corrected chi connectivity index (χ3v) is 3.94. The predicted molar refractivity (Wildman–Crippen MR) is 52.0 cm³/mol. The lowest BCUT2D eigenvalue weighted by molar-refractivity contribution is -0.209. The smallest absolute Gasteiger partial charge is 0.0152 e. The largest absolute Gasteiger partial charge is 0.306 e. The van der Waals surface area contributed by atoms with E-state index >= 15 is 0 Å². The Morgan fingerprint density at radius 3 is 1.83 bits per heavy atom. The number of hydrogen-bond donors (Lipinski definition) is 0. The van der Waals surface area contributed by atoms with Crippen LogP contribution in [-0.4, -0.2) is 25.0 Å². The van der Waals surface area contributed by atoms with Gasteiger partial charge in [-0.1, -0.05) is 20.8 Å². The fourth-order valence-corrected chi connectivity index (χ4v) is 3.46. The van der Waals surface area contributed by atoms with Crippen LogP contribution in [-0.2, 0) is 0 Å².